The van der Waals surface area contributed by atoms with E-state index >= 15 is 0 Å². The molecular formula is C19H18N2O3S. The van der Waals surface area contributed by atoms with Crippen LogP contribution in [-0.4, -0.2) is 23.7 Å². The number of carbonyl (C=O) groups excluding carboxylic acids is 1. The molecule has 2 aromatic carbocycles. The van der Waals surface area contributed by atoms with Crippen LogP contribution in [0.4, 0.5) is 0 Å². The SMILES string of the molecule is Cc1ccc(C(=O)N=c2sc3cc4c(cc3n2C)OCCO4)c(C)c1. The van der Waals surface area contributed by atoms with Crippen LogP contribution in [0.3, 0.4) is 0 Å². The summed E-state index contributed by atoms with van der Waals surface area (Å²) in [5.74, 6) is 1.25. The largest absolute Gasteiger partial charge is 0.486 e. The van der Waals surface area contributed by atoms with E-state index < -0.39 is 0 Å². The highest BCUT2D eigenvalue weighted by Gasteiger charge is 2.16. The van der Waals surface area contributed by atoms with E-state index in [4.69, 9.17) is 9.47 Å². The third-order valence-electron chi connectivity index (χ3n) is 4.28. The molecule has 25 heavy (non-hydrogen) atoms. The zero-order valence-corrected chi connectivity index (χ0v) is 15.1. The Hall–Kier alpha value is -2.60. The van der Waals surface area contributed by atoms with Crippen LogP contribution >= 0.6 is 11.3 Å². The molecule has 1 aliphatic rings. The van der Waals surface area contributed by atoms with E-state index in [1.165, 1.54) is 11.3 Å². The van der Waals surface area contributed by atoms with Gasteiger partial charge in [0.25, 0.3) is 5.91 Å². The quantitative estimate of drug-likeness (QED) is 0.673. The van der Waals surface area contributed by atoms with Gasteiger partial charge in [0.15, 0.2) is 16.3 Å². The number of fused-ring (bicyclic) bond motifs is 2. The van der Waals surface area contributed by atoms with E-state index in [1.54, 1.807) is 0 Å². The molecule has 3 aromatic rings. The van der Waals surface area contributed by atoms with Crippen molar-refractivity contribution >= 4 is 27.5 Å². The molecule has 1 amide bonds. The minimum atomic E-state index is -0.225. The normalized spacial score (nSPS) is 14.1. The number of amides is 1. The fourth-order valence-corrected chi connectivity index (χ4v) is 4.00. The molecule has 5 nitrogen and oxygen atoms in total. The summed E-state index contributed by atoms with van der Waals surface area (Å²) in [6.45, 7) is 5.05. The second-order valence-corrected chi connectivity index (χ2v) is 7.15. The van der Waals surface area contributed by atoms with Gasteiger partial charge >= 0.3 is 0 Å². The van der Waals surface area contributed by atoms with Crippen LogP contribution in [0.5, 0.6) is 11.5 Å². The van der Waals surface area contributed by atoms with Crippen LogP contribution in [-0.2, 0) is 7.05 Å². The summed E-state index contributed by atoms with van der Waals surface area (Å²) in [6, 6.07) is 9.67. The molecule has 0 spiro atoms. The lowest BCUT2D eigenvalue weighted by atomic mass is 10.1. The van der Waals surface area contributed by atoms with E-state index in [0.717, 1.165) is 32.8 Å². The highest BCUT2D eigenvalue weighted by molar-refractivity contribution is 7.16. The van der Waals surface area contributed by atoms with Crippen molar-refractivity contribution in [1.29, 1.82) is 0 Å². The number of aryl methyl sites for hydroxylation is 3. The number of aromatic nitrogens is 1. The fourth-order valence-electron chi connectivity index (χ4n) is 2.97. The van der Waals surface area contributed by atoms with Crippen LogP contribution in [0.25, 0.3) is 10.2 Å². The molecule has 0 aliphatic carbocycles. The van der Waals surface area contributed by atoms with Crippen molar-refractivity contribution in [3.8, 4) is 11.5 Å². The van der Waals surface area contributed by atoms with Crippen LogP contribution in [0.2, 0.25) is 0 Å². The van der Waals surface area contributed by atoms with Crippen molar-refractivity contribution in [2.75, 3.05) is 13.2 Å². The molecule has 1 aliphatic heterocycles. The first kappa shape index (κ1) is 15.9. The number of thiazole rings is 1. The fraction of sp³-hybridized carbons (Fsp3) is 0.263. The van der Waals surface area contributed by atoms with Gasteiger partial charge in [-0.3, -0.25) is 4.79 Å². The number of ether oxygens (including phenoxy) is 2. The van der Waals surface area contributed by atoms with Gasteiger partial charge in [-0.1, -0.05) is 29.0 Å². The first-order valence-corrected chi connectivity index (χ1v) is 8.90. The molecule has 4 rings (SSSR count). The third-order valence-corrected chi connectivity index (χ3v) is 5.38. The molecule has 0 saturated heterocycles. The van der Waals surface area contributed by atoms with E-state index in [1.807, 2.05) is 55.8 Å². The molecule has 0 unspecified atom stereocenters. The Labute approximate surface area is 149 Å². The summed E-state index contributed by atoms with van der Waals surface area (Å²) in [7, 11) is 1.91. The monoisotopic (exact) mass is 354 g/mol. The lowest BCUT2D eigenvalue weighted by Crippen LogP contribution is -2.16. The molecule has 0 atom stereocenters. The summed E-state index contributed by atoms with van der Waals surface area (Å²) in [4.78, 5) is 17.6. The maximum atomic E-state index is 12.6. The van der Waals surface area contributed by atoms with E-state index in [-0.39, 0.29) is 5.91 Å². The smallest absolute Gasteiger partial charge is 0.279 e. The average molecular weight is 354 g/mol. The molecular weight excluding hydrogens is 336 g/mol. The van der Waals surface area contributed by atoms with Crippen molar-refractivity contribution in [2.45, 2.75) is 13.8 Å². The predicted molar refractivity (Wildman–Crippen MR) is 97.6 cm³/mol. The maximum Gasteiger partial charge on any atom is 0.279 e. The predicted octanol–water partition coefficient (Wildman–Crippen LogP) is 3.37. The second-order valence-electron chi connectivity index (χ2n) is 6.14. The molecule has 0 radical (unpaired) electrons. The van der Waals surface area contributed by atoms with Crippen LogP contribution in [0.15, 0.2) is 35.3 Å². The number of benzene rings is 2. The third kappa shape index (κ3) is 2.82. The summed E-state index contributed by atoms with van der Waals surface area (Å²) in [6.07, 6.45) is 0. The zero-order valence-electron chi connectivity index (χ0n) is 14.3. The van der Waals surface area contributed by atoms with Crippen LogP contribution < -0.4 is 14.3 Å². The Morgan fingerprint density at radius 1 is 1.12 bits per heavy atom. The zero-order chi connectivity index (χ0) is 17.6. The van der Waals surface area contributed by atoms with Crippen LogP contribution in [0, 0.1) is 13.8 Å². The number of carbonyl (C=O) groups is 1. The second kappa shape index (κ2) is 6.04. The van der Waals surface area contributed by atoms with E-state index in [0.29, 0.717) is 23.6 Å². The summed E-state index contributed by atoms with van der Waals surface area (Å²) < 4.78 is 14.2. The maximum absolute atomic E-state index is 12.6. The lowest BCUT2D eigenvalue weighted by molar-refractivity contribution is 0.0997. The molecule has 6 heteroatoms. The molecule has 0 saturated carbocycles. The standard InChI is InChI=1S/C19H18N2O3S/c1-11-4-5-13(12(2)8-11)18(22)20-19-21(3)14-9-15-16(10-17(14)25-19)24-7-6-23-15/h4-5,8-10H,6-7H2,1-3H3. The Morgan fingerprint density at radius 3 is 2.56 bits per heavy atom. The van der Waals surface area contributed by atoms with Gasteiger partial charge in [-0.2, -0.15) is 4.99 Å². The van der Waals surface area contributed by atoms with Crippen molar-refractivity contribution < 1.29 is 14.3 Å². The molecule has 1 aromatic heterocycles. The molecule has 0 fully saturated rings. The minimum absolute atomic E-state index is 0.225. The van der Waals surface area contributed by atoms with Gasteiger partial charge in [0.1, 0.15) is 13.2 Å². The van der Waals surface area contributed by atoms with Gasteiger partial charge < -0.3 is 14.0 Å². The molecule has 0 bridgehead atoms. The number of hydrogen-bond donors (Lipinski definition) is 0. The Balaban J connectivity index is 1.81. The summed E-state index contributed by atoms with van der Waals surface area (Å²) in [5.41, 5.74) is 3.68. The Kier molecular flexibility index (Phi) is 3.84. The van der Waals surface area contributed by atoms with E-state index in [2.05, 4.69) is 4.99 Å². The van der Waals surface area contributed by atoms with Gasteiger partial charge in [-0.15, -0.1) is 0 Å². The van der Waals surface area contributed by atoms with Gasteiger partial charge in [-0.25, -0.2) is 0 Å². The van der Waals surface area contributed by atoms with E-state index in [9.17, 15) is 4.79 Å². The highest BCUT2D eigenvalue weighted by Crippen LogP contribution is 2.35. The lowest BCUT2D eigenvalue weighted by Gasteiger charge is -2.18. The Morgan fingerprint density at radius 2 is 1.84 bits per heavy atom. The topological polar surface area (TPSA) is 52.8 Å². The Bertz CT molecular complexity index is 1060. The highest BCUT2D eigenvalue weighted by atomic mass is 32.1. The summed E-state index contributed by atoms with van der Waals surface area (Å²) >= 11 is 1.47. The molecule has 128 valence electrons. The first-order chi connectivity index (χ1) is 12.0. The molecule has 0 N–H and O–H groups in total. The number of hydrogen-bond acceptors (Lipinski definition) is 4. The average Bonchev–Trinajstić information content (AvgIpc) is 2.88. The van der Waals surface area contributed by atoms with Crippen molar-refractivity contribution in [3.05, 3.63) is 51.8 Å². The van der Waals surface area contributed by atoms with Gasteiger partial charge in [-0.05, 0) is 25.5 Å². The first-order valence-electron chi connectivity index (χ1n) is 8.08. The van der Waals surface area contributed by atoms with Gasteiger partial charge in [0.2, 0.25) is 0 Å². The van der Waals surface area contributed by atoms with Gasteiger partial charge in [0, 0.05) is 24.7 Å². The minimum Gasteiger partial charge on any atom is -0.486 e. The molecule has 2 heterocycles. The number of rotatable bonds is 1. The summed E-state index contributed by atoms with van der Waals surface area (Å²) in [5, 5.41) is 0. The number of nitrogens with zero attached hydrogens (tertiary/aromatic N) is 2. The van der Waals surface area contributed by atoms with Crippen molar-refractivity contribution in [3.63, 3.8) is 0 Å². The van der Waals surface area contributed by atoms with Crippen molar-refractivity contribution in [1.82, 2.24) is 4.57 Å². The van der Waals surface area contributed by atoms with Crippen LogP contribution in [0.1, 0.15) is 21.5 Å². The van der Waals surface area contributed by atoms with Crippen molar-refractivity contribution in [2.24, 2.45) is 12.0 Å². The van der Waals surface area contributed by atoms with Gasteiger partial charge in [0.05, 0.1) is 10.2 Å².